The molecule has 3 rings (SSSR count). The summed E-state index contributed by atoms with van der Waals surface area (Å²) in [5, 5.41) is 25.2. The van der Waals surface area contributed by atoms with Crippen molar-refractivity contribution in [3.63, 3.8) is 0 Å². The van der Waals surface area contributed by atoms with Crippen LogP contribution in [0, 0.1) is 17.5 Å². The van der Waals surface area contributed by atoms with Gasteiger partial charge in [-0.2, -0.15) is 0 Å². The number of carbonyl (C=O) groups is 3. The molecule has 23 heteroatoms. The highest BCUT2D eigenvalue weighted by Gasteiger charge is 2.20. The van der Waals surface area contributed by atoms with Crippen LogP contribution >= 0.6 is 23.2 Å². The number of carboxylic acid groups (broad SMARTS) is 3. The summed E-state index contributed by atoms with van der Waals surface area (Å²) in [6.07, 6.45) is 2.48. The third-order valence-electron chi connectivity index (χ3n) is 4.71. The number of sulfonamides is 3. The number of hydrogen-bond donors (Lipinski definition) is 6. The van der Waals surface area contributed by atoms with Crippen molar-refractivity contribution in [1.82, 2.24) is 0 Å². The van der Waals surface area contributed by atoms with Crippen molar-refractivity contribution in [2.24, 2.45) is 0 Å². The van der Waals surface area contributed by atoms with E-state index in [1.807, 2.05) is 14.2 Å². The highest BCUT2D eigenvalue weighted by atomic mass is 35.5. The first-order chi connectivity index (χ1) is 21.2. The minimum absolute atomic E-state index is 0. The van der Waals surface area contributed by atoms with E-state index in [2.05, 4.69) is 0 Å². The van der Waals surface area contributed by atoms with E-state index in [-0.39, 0.29) is 39.2 Å². The summed E-state index contributed by atoms with van der Waals surface area (Å²) < 4.78 is 110. The Kier molecular flexibility index (Phi) is 19.8. The fourth-order valence-electron chi connectivity index (χ4n) is 3.01. The maximum absolute atomic E-state index is 13.0. The van der Waals surface area contributed by atoms with Gasteiger partial charge in [-0.3, -0.25) is 14.2 Å². The van der Waals surface area contributed by atoms with Crippen molar-refractivity contribution < 1.29 is 68.1 Å². The van der Waals surface area contributed by atoms with Crippen molar-refractivity contribution in [2.75, 3.05) is 32.9 Å². The molecule has 3 aromatic carbocycles. The van der Waals surface area contributed by atoms with Gasteiger partial charge in [0.2, 0.25) is 30.1 Å². The summed E-state index contributed by atoms with van der Waals surface area (Å²) in [6, 6.07) is 6.07. The van der Waals surface area contributed by atoms with E-state index in [1.165, 1.54) is 0 Å². The van der Waals surface area contributed by atoms with Crippen molar-refractivity contribution in [3.8, 4) is 0 Å². The Hall–Kier alpha value is -4.31. The summed E-state index contributed by atoms with van der Waals surface area (Å²) in [5.41, 5.74) is -2.27. The molecule has 0 spiro atoms. The predicted octanol–water partition coefficient (Wildman–Crippen LogP) is 5.90. The Morgan fingerprint density at radius 3 is 1.38 bits per heavy atom. The molecule has 15 nitrogen and oxygen atoms in total. The van der Waals surface area contributed by atoms with Crippen LogP contribution in [0.25, 0.3) is 0 Å². The van der Waals surface area contributed by atoms with E-state index in [0.717, 1.165) is 55.2 Å². The lowest BCUT2D eigenvalue weighted by Gasteiger charge is -2.10. The number of rotatable bonds is 9. The Balaban J connectivity index is -0.000000644. The topological polar surface area (TPSA) is 250 Å². The Morgan fingerprint density at radius 1 is 0.580 bits per heavy atom. The molecule has 0 bridgehead atoms. The molecule has 0 atom stereocenters. The molecule has 0 aliphatic rings. The molecule has 6 N–H and O–H groups in total. The van der Waals surface area contributed by atoms with Crippen molar-refractivity contribution in [2.45, 2.75) is 22.3 Å². The quantitative estimate of drug-likeness (QED) is 0.148. The molecular weight excluding hydrogens is 782 g/mol. The Morgan fingerprint density at radius 2 is 0.980 bits per heavy atom. The smallest absolute Gasteiger partial charge is 0.337 e. The normalized spacial score (nSPS) is 10.5. The van der Waals surface area contributed by atoms with Gasteiger partial charge in [0.25, 0.3) is 0 Å². The summed E-state index contributed by atoms with van der Waals surface area (Å²) in [7, 11) is -11.1. The van der Waals surface area contributed by atoms with Gasteiger partial charge in [-0.25, -0.2) is 52.8 Å². The summed E-state index contributed by atoms with van der Waals surface area (Å²) in [6.45, 7) is 0. The second-order valence-corrected chi connectivity index (χ2v) is 14.9. The molecule has 0 saturated heterocycles. The average Bonchev–Trinajstić information content (AvgIpc) is 2.86. The average molecular weight is 817 g/mol. The third-order valence-corrected chi connectivity index (χ3v) is 7.12. The maximum Gasteiger partial charge on any atom is 0.337 e. The highest BCUT2D eigenvalue weighted by molar-refractivity contribution is 7.92. The van der Waals surface area contributed by atoms with Crippen LogP contribution in [-0.2, 0) is 30.1 Å². The lowest BCUT2D eigenvalue weighted by atomic mass is 10.2. The van der Waals surface area contributed by atoms with Crippen molar-refractivity contribution in [3.05, 3.63) is 86.7 Å². The van der Waals surface area contributed by atoms with Crippen LogP contribution in [0.3, 0.4) is 0 Å². The Bertz CT molecular complexity index is 2040. The third kappa shape index (κ3) is 16.9. The zero-order valence-electron chi connectivity index (χ0n) is 23.7. The van der Waals surface area contributed by atoms with Gasteiger partial charge in [0.1, 0.15) is 22.5 Å². The van der Waals surface area contributed by atoms with Crippen LogP contribution in [0.15, 0.2) is 42.5 Å². The number of carboxylic acids is 3. The Labute approximate surface area is 297 Å². The molecular formula is C27H34Cl2F3N3O12S3. The van der Waals surface area contributed by atoms with Crippen LogP contribution in [0.4, 0.5) is 30.2 Å². The summed E-state index contributed by atoms with van der Waals surface area (Å²) in [5.74, 6) is -6.68. The van der Waals surface area contributed by atoms with Gasteiger partial charge < -0.3 is 15.3 Å². The molecule has 3 aromatic rings. The van der Waals surface area contributed by atoms with Gasteiger partial charge in [0, 0.05) is 6.07 Å². The van der Waals surface area contributed by atoms with Crippen LogP contribution in [0.5, 0.6) is 0 Å². The fourth-order valence-corrected chi connectivity index (χ4v) is 5.16. The molecule has 0 heterocycles. The van der Waals surface area contributed by atoms with E-state index in [9.17, 15) is 52.8 Å². The number of halogens is 5. The molecule has 0 fully saturated rings. The number of hydrogen-bond acceptors (Lipinski definition) is 9. The zero-order chi connectivity index (χ0) is 36.7. The van der Waals surface area contributed by atoms with Crippen LogP contribution in [-0.4, -0.2) is 77.2 Å². The standard InChI is InChI=1S/2C8H7ClFNO4S.C8H8FNO4S.3CH4/c1-16(14,15)11-7-3-6(10)5(9)2-4(7)8(12)13;1-16(14,15)11-7-4(8(12)13)2-3-5(10)6(7)9;1-15(13,14)10-7-4-5(9)2-3-6(7)8(11)12;;;/h2*2-3,11H,1H3,(H,12,13);2-4,10H,1H3,(H,11,12);3*1H4. The number of nitrogens with one attached hydrogen (secondary N) is 3. The highest BCUT2D eigenvalue weighted by Crippen LogP contribution is 2.30. The first kappa shape index (κ1) is 50.1. The minimum Gasteiger partial charge on any atom is -0.478 e. The SMILES string of the molecule is C.C.C.CS(=O)(=O)Nc1c(C(=O)O)ccc(F)c1Cl.CS(=O)(=O)Nc1cc(F)c(Cl)cc1C(=O)O.CS(=O)(=O)Nc1cc(F)ccc1C(=O)O. The molecule has 0 radical (unpaired) electrons. The van der Waals surface area contributed by atoms with Gasteiger partial charge in [-0.05, 0) is 36.4 Å². The van der Waals surface area contributed by atoms with Crippen LogP contribution < -0.4 is 14.2 Å². The predicted molar refractivity (Wildman–Crippen MR) is 186 cm³/mol. The van der Waals surface area contributed by atoms with Gasteiger partial charge in [0.15, 0.2) is 0 Å². The summed E-state index contributed by atoms with van der Waals surface area (Å²) >= 11 is 10.9. The molecule has 0 amide bonds. The lowest BCUT2D eigenvalue weighted by molar-refractivity contribution is 0.0687. The molecule has 0 aromatic heterocycles. The first-order valence-electron chi connectivity index (χ1n) is 11.6. The van der Waals surface area contributed by atoms with Crippen molar-refractivity contribution >= 4 is 88.2 Å². The van der Waals surface area contributed by atoms with E-state index >= 15 is 0 Å². The van der Waals surface area contributed by atoms with Gasteiger partial charge in [-0.1, -0.05) is 45.5 Å². The maximum atomic E-state index is 13.0. The molecule has 0 aliphatic heterocycles. The molecule has 0 aliphatic carbocycles. The zero-order valence-corrected chi connectivity index (χ0v) is 27.6. The van der Waals surface area contributed by atoms with Gasteiger partial charge in [0.05, 0.1) is 57.5 Å². The monoisotopic (exact) mass is 815 g/mol. The molecule has 0 unspecified atom stereocenters. The van der Waals surface area contributed by atoms with Crippen molar-refractivity contribution in [1.29, 1.82) is 0 Å². The second-order valence-electron chi connectivity index (χ2n) is 8.82. The first-order valence-corrected chi connectivity index (χ1v) is 18.0. The van der Waals surface area contributed by atoms with Gasteiger partial charge >= 0.3 is 17.9 Å². The van der Waals surface area contributed by atoms with Gasteiger partial charge in [-0.15, -0.1) is 0 Å². The molecule has 50 heavy (non-hydrogen) atoms. The molecule has 0 saturated carbocycles. The minimum atomic E-state index is -3.74. The van der Waals surface area contributed by atoms with E-state index in [4.69, 9.17) is 38.5 Å². The number of anilines is 3. The van der Waals surface area contributed by atoms with E-state index in [0.29, 0.717) is 6.07 Å². The van der Waals surface area contributed by atoms with E-state index in [1.54, 1.807) is 0 Å². The largest absolute Gasteiger partial charge is 0.478 e. The molecule has 282 valence electrons. The van der Waals surface area contributed by atoms with E-state index < -0.39 is 92.3 Å². The van der Waals surface area contributed by atoms with Crippen LogP contribution in [0.1, 0.15) is 53.4 Å². The van der Waals surface area contributed by atoms with Crippen LogP contribution in [0.2, 0.25) is 10.0 Å². The second kappa shape index (κ2) is 19.8. The number of aromatic carboxylic acids is 3. The fraction of sp³-hybridized carbons (Fsp3) is 0.222. The number of benzene rings is 3. The lowest BCUT2D eigenvalue weighted by Crippen LogP contribution is -2.14. The summed E-state index contributed by atoms with van der Waals surface area (Å²) in [4.78, 5) is 32.2.